The lowest BCUT2D eigenvalue weighted by Crippen LogP contribution is -2.28. The Bertz CT molecular complexity index is 587. The Morgan fingerprint density at radius 3 is 2.65 bits per heavy atom. The van der Waals surface area contributed by atoms with Gasteiger partial charge in [-0.15, -0.1) is 0 Å². The molecular weight excluding hydrogens is 325 g/mol. The lowest BCUT2D eigenvalue weighted by atomic mass is 10.2. The quantitative estimate of drug-likeness (QED) is 0.849. The van der Waals surface area contributed by atoms with Gasteiger partial charge in [-0.1, -0.05) is 22.0 Å². The first kappa shape index (κ1) is 14.5. The molecule has 0 heterocycles. The summed E-state index contributed by atoms with van der Waals surface area (Å²) in [5, 5.41) is 2.71. The number of hydrogen-bond acceptors (Lipinski definition) is 2. The largest absolute Gasteiger partial charge is 0.492 e. The first-order valence-corrected chi connectivity index (χ1v) is 6.86. The molecule has 0 aromatic heterocycles. The molecule has 0 aliphatic heterocycles. The molecule has 104 valence electrons. The molecule has 2 aromatic carbocycles. The molecule has 0 bridgehead atoms. The molecule has 0 spiro atoms. The number of carbonyl (C=O) groups is 1. The average Bonchev–Trinajstić information content (AvgIpc) is 2.44. The molecule has 0 unspecified atom stereocenters. The van der Waals surface area contributed by atoms with Gasteiger partial charge in [-0.05, 0) is 42.5 Å². The summed E-state index contributed by atoms with van der Waals surface area (Å²) < 4.78 is 19.1. The maximum atomic E-state index is 12.7. The molecule has 0 aliphatic carbocycles. The summed E-state index contributed by atoms with van der Waals surface area (Å²) in [6, 6.07) is 12.9. The van der Waals surface area contributed by atoms with Gasteiger partial charge < -0.3 is 10.1 Å². The van der Waals surface area contributed by atoms with Gasteiger partial charge in [0.15, 0.2) is 0 Å². The van der Waals surface area contributed by atoms with Crippen molar-refractivity contribution in [1.82, 2.24) is 5.32 Å². The lowest BCUT2D eigenvalue weighted by molar-refractivity contribution is 0.0947. The summed E-state index contributed by atoms with van der Waals surface area (Å²) in [6.07, 6.45) is 0. The molecule has 20 heavy (non-hydrogen) atoms. The van der Waals surface area contributed by atoms with Gasteiger partial charge in [0.2, 0.25) is 0 Å². The number of amides is 1. The van der Waals surface area contributed by atoms with Crippen molar-refractivity contribution in [3.63, 3.8) is 0 Å². The van der Waals surface area contributed by atoms with E-state index in [9.17, 15) is 9.18 Å². The van der Waals surface area contributed by atoms with Crippen molar-refractivity contribution < 1.29 is 13.9 Å². The highest BCUT2D eigenvalue weighted by atomic mass is 79.9. The molecule has 3 nitrogen and oxygen atoms in total. The Morgan fingerprint density at radius 2 is 1.95 bits per heavy atom. The number of benzene rings is 2. The summed E-state index contributed by atoms with van der Waals surface area (Å²) in [6.45, 7) is 0.742. The molecule has 0 aliphatic rings. The van der Waals surface area contributed by atoms with Crippen LogP contribution in [-0.2, 0) is 0 Å². The lowest BCUT2D eigenvalue weighted by Gasteiger charge is -2.08. The Balaban J connectivity index is 1.76. The van der Waals surface area contributed by atoms with Crippen LogP contribution in [-0.4, -0.2) is 19.1 Å². The summed E-state index contributed by atoms with van der Waals surface area (Å²) in [7, 11) is 0. The highest BCUT2D eigenvalue weighted by Crippen LogP contribution is 2.17. The van der Waals surface area contributed by atoms with Gasteiger partial charge in [-0.25, -0.2) is 4.39 Å². The topological polar surface area (TPSA) is 38.3 Å². The monoisotopic (exact) mass is 337 g/mol. The number of ether oxygens (including phenoxy) is 1. The first-order chi connectivity index (χ1) is 9.65. The zero-order valence-electron chi connectivity index (χ0n) is 10.6. The fraction of sp³-hybridized carbons (Fsp3) is 0.133. The molecule has 2 rings (SSSR count). The molecule has 2 aromatic rings. The van der Waals surface area contributed by atoms with Crippen LogP contribution in [0.5, 0.6) is 5.75 Å². The molecule has 1 N–H and O–H groups in total. The van der Waals surface area contributed by atoms with Crippen molar-refractivity contribution in [2.75, 3.05) is 13.2 Å². The van der Waals surface area contributed by atoms with Crippen molar-refractivity contribution in [3.8, 4) is 5.75 Å². The maximum Gasteiger partial charge on any atom is 0.251 e. The van der Waals surface area contributed by atoms with Gasteiger partial charge in [0.25, 0.3) is 5.91 Å². The third-order valence-corrected chi connectivity index (χ3v) is 3.05. The maximum absolute atomic E-state index is 12.7. The number of nitrogens with one attached hydrogen (secondary N) is 1. The van der Waals surface area contributed by atoms with E-state index in [0.717, 1.165) is 10.2 Å². The average molecular weight is 338 g/mol. The predicted octanol–water partition coefficient (Wildman–Crippen LogP) is 3.40. The Hall–Kier alpha value is -1.88. The SMILES string of the molecule is O=C(NCCOc1cccc(Br)c1)c1ccc(F)cc1. The second kappa shape index (κ2) is 7.05. The summed E-state index contributed by atoms with van der Waals surface area (Å²) in [5.74, 6) is 0.123. The van der Waals surface area contributed by atoms with Crippen LogP contribution in [0.2, 0.25) is 0 Å². The van der Waals surface area contributed by atoms with Gasteiger partial charge in [0.05, 0.1) is 6.54 Å². The van der Waals surface area contributed by atoms with Crippen LogP contribution in [0, 0.1) is 5.82 Å². The minimum absolute atomic E-state index is 0.247. The Labute approximate surface area is 124 Å². The molecular formula is C15H13BrFNO2. The molecule has 0 saturated carbocycles. The van der Waals surface area contributed by atoms with Crippen molar-refractivity contribution in [2.45, 2.75) is 0 Å². The highest BCUT2D eigenvalue weighted by Gasteiger charge is 2.04. The van der Waals surface area contributed by atoms with Crippen LogP contribution < -0.4 is 10.1 Å². The van der Waals surface area contributed by atoms with Gasteiger partial charge >= 0.3 is 0 Å². The van der Waals surface area contributed by atoms with Gasteiger partial charge in [-0.3, -0.25) is 4.79 Å². The smallest absolute Gasteiger partial charge is 0.251 e. The minimum atomic E-state index is -0.362. The fourth-order valence-electron chi connectivity index (χ4n) is 1.59. The van der Waals surface area contributed by atoms with Gasteiger partial charge in [0, 0.05) is 10.0 Å². The van der Waals surface area contributed by atoms with E-state index >= 15 is 0 Å². The minimum Gasteiger partial charge on any atom is -0.492 e. The van der Waals surface area contributed by atoms with Crippen LogP contribution in [0.4, 0.5) is 4.39 Å². The fourth-order valence-corrected chi connectivity index (χ4v) is 1.97. The molecule has 0 fully saturated rings. The van der Waals surface area contributed by atoms with Crippen LogP contribution >= 0.6 is 15.9 Å². The van der Waals surface area contributed by atoms with E-state index in [-0.39, 0.29) is 11.7 Å². The highest BCUT2D eigenvalue weighted by molar-refractivity contribution is 9.10. The van der Waals surface area contributed by atoms with Gasteiger partial charge in [-0.2, -0.15) is 0 Å². The summed E-state index contributed by atoms with van der Waals surface area (Å²) >= 11 is 3.35. The standard InChI is InChI=1S/C15H13BrFNO2/c16-12-2-1-3-14(10-12)20-9-8-18-15(19)11-4-6-13(17)7-5-11/h1-7,10H,8-9H2,(H,18,19). The van der Waals surface area contributed by atoms with E-state index < -0.39 is 0 Å². The summed E-state index contributed by atoms with van der Waals surface area (Å²) in [4.78, 5) is 11.7. The number of halogens is 2. The van der Waals surface area contributed by atoms with Crippen LogP contribution in [0.3, 0.4) is 0 Å². The van der Waals surface area contributed by atoms with Crippen molar-refractivity contribution in [2.24, 2.45) is 0 Å². The molecule has 0 saturated heterocycles. The van der Waals surface area contributed by atoms with Gasteiger partial charge in [0.1, 0.15) is 18.2 Å². The van der Waals surface area contributed by atoms with E-state index in [1.54, 1.807) is 0 Å². The van der Waals surface area contributed by atoms with Crippen molar-refractivity contribution in [3.05, 3.63) is 64.4 Å². The van der Waals surface area contributed by atoms with E-state index in [0.29, 0.717) is 18.7 Å². The normalized spacial score (nSPS) is 10.1. The zero-order chi connectivity index (χ0) is 14.4. The zero-order valence-corrected chi connectivity index (χ0v) is 12.2. The molecule has 1 amide bonds. The Kier molecular flexibility index (Phi) is 5.12. The second-order valence-electron chi connectivity index (χ2n) is 4.07. The van der Waals surface area contributed by atoms with E-state index in [1.165, 1.54) is 24.3 Å². The Morgan fingerprint density at radius 1 is 1.20 bits per heavy atom. The number of hydrogen-bond donors (Lipinski definition) is 1. The van der Waals surface area contributed by atoms with Crippen molar-refractivity contribution in [1.29, 1.82) is 0 Å². The first-order valence-electron chi connectivity index (χ1n) is 6.07. The molecule has 0 radical (unpaired) electrons. The molecule has 5 heteroatoms. The number of carbonyl (C=O) groups excluding carboxylic acids is 1. The van der Waals surface area contributed by atoms with Crippen LogP contribution in [0.15, 0.2) is 53.0 Å². The van der Waals surface area contributed by atoms with Crippen LogP contribution in [0.25, 0.3) is 0 Å². The van der Waals surface area contributed by atoms with E-state index in [1.807, 2.05) is 24.3 Å². The summed E-state index contributed by atoms with van der Waals surface area (Å²) in [5.41, 5.74) is 0.425. The molecule has 0 atom stereocenters. The van der Waals surface area contributed by atoms with E-state index in [2.05, 4.69) is 21.2 Å². The van der Waals surface area contributed by atoms with E-state index in [4.69, 9.17) is 4.74 Å². The predicted molar refractivity (Wildman–Crippen MR) is 78.4 cm³/mol. The second-order valence-corrected chi connectivity index (χ2v) is 4.98. The third kappa shape index (κ3) is 4.35. The van der Waals surface area contributed by atoms with Crippen molar-refractivity contribution >= 4 is 21.8 Å². The van der Waals surface area contributed by atoms with Crippen LogP contribution in [0.1, 0.15) is 10.4 Å². The third-order valence-electron chi connectivity index (χ3n) is 2.56. The number of rotatable bonds is 5.